The van der Waals surface area contributed by atoms with Crippen molar-refractivity contribution in [2.45, 2.75) is 44.7 Å². The first kappa shape index (κ1) is 14.8. The number of nitrogens with one attached hydrogen (secondary N) is 2. The molecule has 1 saturated carbocycles. The molecule has 0 amide bonds. The average Bonchev–Trinajstić information content (AvgIpc) is 3.26. The summed E-state index contributed by atoms with van der Waals surface area (Å²) in [4.78, 5) is 0. The Labute approximate surface area is 126 Å². The number of hydrogen-bond donors (Lipinski definition) is 2. The van der Waals surface area contributed by atoms with Crippen molar-refractivity contribution in [2.75, 3.05) is 17.4 Å². The maximum absolute atomic E-state index is 12.6. The summed E-state index contributed by atoms with van der Waals surface area (Å²) < 4.78 is 29.6. The van der Waals surface area contributed by atoms with Gasteiger partial charge in [-0.1, -0.05) is 25.1 Å². The highest BCUT2D eigenvalue weighted by molar-refractivity contribution is 7.90. The summed E-state index contributed by atoms with van der Waals surface area (Å²) in [5.41, 5.74) is 1.90. The Balaban J connectivity index is 1.95. The average molecular weight is 309 g/mol. The van der Waals surface area contributed by atoms with Gasteiger partial charge in [0.2, 0.25) is 0 Å². The second-order valence-electron chi connectivity index (χ2n) is 5.78. The van der Waals surface area contributed by atoms with E-state index in [0.717, 1.165) is 43.5 Å². The first-order chi connectivity index (χ1) is 10.1. The molecule has 0 bridgehead atoms. The van der Waals surface area contributed by atoms with Crippen molar-refractivity contribution in [3.63, 3.8) is 0 Å². The Hall–Kier alpha value is -1.11. The molecule has 1 aromatic rings. The maximum Gasteiger partial charge on any atom is 0.301 e. The van der Waals surface area contributed by atoms with Gasteiger partial charge in [-0.25, -0.2) is 0 Å². The third kappa shape index (κ3) is 3.22. The van der Waals surface area contributed by atoms with Crippen molar-refractivity contribution in [1.29, 1.82) is 0 Å². The smallest absolute Gasteiger partial charge is 0.301 e. The molecule has 2 N–H and O–H groups in total. The minimum absolute atomic E-state index is 0.134. The van der Waals surface area contributed by atoms with Gasteiger partial charge in [0.1, 0.15) is 0 Å². The summed E-state index contributed by atoms with van der Waals surface area (Å²) >= 11 is 0. The highest BCUT2D eigenvalue weighted by atomic mass is 32.2. The highest BCUT2D eigenvalue weighted by Crippen LogP contribution is 2.34. The normalized spacial score (nSPS) is 22.7. The topological polar surface area (TPSA) is 61.4 Å². The molecule has 116 valence electrons. The summed E-state index contributed by atoms with van der Waals surface area (Å²) in [5.74, 6) is 0. The number of nitrogens with zero attached hydrogens (tertiary/aromatic N) is 1. The van der Waals surface area contributed by atoms with E-state index in [1.165, 1.54) is 0 Å². The van der Waals surface area contributed by atoms with Gasteiger partial charge in [-0.3, -0.25) is 4.31 Å². The van der Waals surface area contributed by atoms with Crippen LogP contribution in [0.3, 0.4) is 0 Å². The van der Waals surface area contributed by atoms with Crippen LogP contribution >= 0.6 is 0 Å². The molecule has 6 heteroatoms. The molecule has 1 atom stereocenters. The highest BCUT2D eigenvalue weighted by Gasteiger charge is 2.34. The van der Waals surface area contributed by atoms with Crippen molar-refractivity contribution in [2.24, 2.45) is 0 Å². The van der Waals surface area contributed by atoms with Gasteiger partial charge in [-0.2, -0.15) is 13.1 Å². The van der Waals surface area contributed by atoms with Crippen LogP contribution in [0.4, 0.5) is 5.69 Å². The molecule has 1 heterocycles. The van der Waals surface area contributed by atoms with Gasteiger partial charge in [0, 0.05) is 18.6 Å². The number of rotatable bonds is 5. The van der Waals surface area contributed by atoms with E-state index >= 15 is 0 Å². The van der Waals surface area contributed by atoms with Gasteiger partial charge in [0.25, 0.3) is 0 Å². The largest absolute Gasteiger partial charge is 0.310 e. The lowest BCUT2D eigenvalue weighted by atomic mass is 10.0. The van der Waals surface area contributed by atoms with Crippen molar-refractivity contribution in [1.82, 2.24) is 10.0 Å². The lowest BCUT2D eigenvalue weighted by Crippen LogP contribution is -2.42. The van der Waals surface area contributed by atoms with Gasteiger partial charge >= 0.3 is 10.2 Å². The van der Waals surface area contributed by atoms with Gasteiger partial charge in [0.05, 0.1) is 5.69 Å². The van der Waals surface area contributed by atoms with Crippen LogP contribution in [-0.2, 0) is 10.2 Å². The van der Waals surface area contributed by atoms with E-state index in [-0.39, 0.29) is 12.1 Å². The lowest BCUT2D eigenvalue weighted by molar-refractivity contribution is 0.511. The summed E-state index contributed by atoms with van der Waals surface area (Å²) in [7, 11) is -3.44. The fraction of sp³-hybridized carbons (Fsp3) is 0.600. The van der Waals surface area contributed by atoms with E-state index < -0.39 is 10.2 Å². The molecule has 0 aromatic heterocycles. The summed E-state index contributed by atoms with van der Waals surface area (Å²) in [5, 5.41) is 3.46. The van der Waals surface area contributed by atoms with E-state index in [1.807, 2.05) is 24.3 Å². The second kappa shape index (κ2) is 5.94. The molecular weight excluding hydrogens is 286 g/mol. The van der Waals surface area contributed by atoms with Crippen LogP contribution in [0, 0.1) is 0 Å². The van der Waals surface area contributed by atoms with Crippen LogP contribution in [0.1, 0.15) is 44.2 Å². The van der Waals surface area contributed by atoms with Gasteiger partial charge in [-0.15, -0.1) is 0 Å². The van der Waals surface area contributed by atoms with Crippen molar-refractivity contribution in [3.05, 3.63) is 29.8 Å². The molecule has 1 aromatic carbocycles. The predicted molar refractivity (Wildman–Crippen MR) is 84.5 cm³/mol. The van der Waals surface area contributed by atoms with Crippen LogP contribution in [0.2, 0.25) is 0 Å². The molecule has 2 aliphatic rings. The standard InChI is InChI=1S/C15H23N3O2S/c1-2-16-14-7-5-11-18(15-8-4-3-6-13(14)15)21(19,20)17-12-9-10-12/h3-4,6,8,12,14,16-17H,2,5,7,9-11H2,1H3. The Morgan fingerprint density at radius 2 is 2.00 bits per heavy atom. The number of benzene rings is 1. The third-order valence-corrected chi connectivity index (χ3v) is 5.66. The van der Waals surface area contributed by atoms with Crippen LogP contribution in [0.25, 0.3) is 0 Å². The molecule has 21 heavy (non-hydrogen) atoms. The van der Waals surface area contributed by atoms with Crippen LogP contribution < -0.4 is 14.3 Å². The second-order valence-corrected chi connectivity index (χ2v) is 7.41. The van der Waals surface area contributed by atoms with Gasteiger partial charge in [0.15, 0.2) is 0 Å². The SMILES string of the molecule is CCNC1CCCN(S(=O)(=O)NC2CC2)c2ccccc21. The summed E-state index contributed by atoms with van der Waals surface area (Å²) in [6.45, 7) is 3.50. The van der Waals surface area contributed by atoms with Crippen LogP contribution in [-0.4, -0.2) is 27.5 Å². The molecule has 1 unspecified atom stereocenters. The van der Waals surface area contributed by atoms with E-state index in [2.05, 4.69) is 17.0 Å². The monoisotopic (exact) mass is 309 g/mol. The molecule has 0 saturated heterocycles. The fourth-order valence-electron chi connectivity index (χ4n) is 2.91. The number of para-hydroxylation sites is 1. The molecule has 0 radical (unpaired) electrons. The number of anilines is 1. The fourth-order valence-corrected chi connectivity index (χ4v) is 4.49. The molecular formula is C15H23N3O2S. The molecule has 5 nitrogen and oxygen atoms in total. The zero-order valence-electron chi connectivity index (χ0n) is 12.4. The van der Waals surface area contributed by atoms with E-state index in [1.54, 1.807) is 4.31 Å². The first-order valence-corrected chi connectivity index (χ1v) is 9.18. The van der Waals surface area contributed by atoms with Crippen molar-refractivity contribution >= 4 is 15.9 Å². The molecule has 3 rings (SSSR count). The van der Waals surface area contributed by atoms with Gasteiger partial charge < -0.3 is 5.32 Å². The lowest BCUT2D eigenvalue weighted by Gasteiger charge is -2.25. The van der Waals surface area contributed by atoms with Gasteiger partial charge in [-0.05, 0) is 43.9 Å². The van der Waals surface area contributed by atoms with Crippen LogP contribution in [0.5, 0.6) is 0 Å². The zero-order valence-corrected chi connectivity index (χ0v) is 13.2. The minimum Gasteiger partial charge on any atom is -0.310 e. The number of hydrogen-bond acceptors (Lipinski definition) is 3. The van der Waals surface area contributed by atoms with Crippen molar-refractivity contribution in [3.8, 4) is 0 Å². The minimum atomic E-state index is -3.44. The van der Waals surface area contributed by atoms with Crippen molar-refractivity contribution < 1.29 is 8.42 Å². The van der Waals surface area contributed by atoms with Crippen LogP contribution in [0.15, 0.2) is 24.3 Å². The summed E-state index contributed by atoms with van der Waals surface area (Å²) in [6.07, 6.45) is 3.72. The maximum atomic E-state index is 12.6. The Bertz CT molecular complexity index is 599. The van der Waals surface area contributed by atoms with E-state index in [0.29, 0.717) is 6.54 Å². The third-order valence-electron chi connectivity index (χ3n) is 4.07. The predicted octanol–water partition coefficient (Wildman–Crippen LogP) is 1.93. The summed E-state index contributed by atoms with van der Waals surface area (Å²) in [6, 6.07) is 8.20. The molecule has 0 spiro atoms. The first-order valence-electron chi connectivity index (χ1n) is 7.74. The number of fused-ring (bicyclic) bond motifs is 1. The van der Waals surface area contributed by atoms with E-state index in [9.17, 15) is 8.42 Å². The molecule has 1 aliphatic carbocycles. The Morgan fingerprint density at radius 1 is 1.24 bits per heavy atom. The Kier molecular flexibility index (Phi) is 4.19. The quantitative estimate of drug-likeness (QED) is 0.874. The van der Waals surface area contributed by atoms with E-state index in [4.69, 9.17) is 0 Å². The molecule has 1 fully saturated rings. The Morgan fingerprint density at radius 3 is 2.71 bits per heavy atom. The zero-order chi connectivity index (χ0) is 14.9. The molecule has 1 aliphatic heterocycles.